The van der Waals surface area contributed by atoms with E-state index in [0.717, 1.165) is 24.1 Å². The Morgan fingerprint density at radius 1 is 0.875 bits per heavy atom. The van der Waals surface area contributed by atoms with Crippen LogP contribution in [-0.4, -0.2) is 21.9 Å². The Kier molecular flexibility index (Phi) is 6.88. The molecule has 4 aromatic rings. The van der Waals surface area contributed by atoms with Gasteiger partial charge in [-0.2, -0.15) is 0 Å². The van der Waals surface area contributed by atoms with Crippen LogP contribution >= 0.6 is 0 Å². The third kappa shape index (κ3) is 5.79. The lowest BCUT2D eigenvalue weighted by atomic mass is 10.1. The highest BCUT2D eigenvalue weighted by Crippen LogP contribution is 2.19. The molecular weight excluding hydrogens is 396 g/mol. The van der Waals surface area contributed by atoms with E-state index in [1.54, 1.807) is 6.20 Å². The van der Waals surface area contributed by atoms with Gasteiger partial charge in [0.25, 0.3) is 5.91 Å². The predicted molar refractivity (Wildman–Crippen MR) is 129 cm³/mol. The van der Waals surface area contributed by atoms with Crippen molar-refractivity contribution in [3.63, 3.8) is 0 Å². The molecule has 0 radical (unpaired) electrons. The standard InChI is InChI=1S/C27H26N4O/c1-20(12-13-21-8-4-2-5-9-21)29-27(32)23-14-16-24(17-15-23)30-25-18-19-28-26(31-25)22-10-6-3-7-11-22/h2-11,14-20H,12-13H2,1H3,(H,29,32)(H,28,30,31)/t20-/m1/s1. The fourth-order valence-electron chi connectivity index (χ4n) is 3.41. The third-order valence-electron chi connectivity index (χ3n) is 5.19. The van der Waals surface area contributed by atoms with Crippen LogP contribution in [0.3, 0.4) is 0 Å². The lowest BCUT2D eigenvalue weighted by Gasteiger charge is -2.14. The molecule has 0 fully saturated rings. The summed E-state index contributed by atoms with van der Waals surface area (Å²) in [6, 6.07) is 29.5. The monoisotopic (exact) mass is 422 g/mol. The normalized spacial score (nSPS) is 11.5. The number of hydrogen-bond donors (Lipinski definition) is 2. The Morgan fingerprint density at radius 3 is 2.28 bits per heavy atom. The SMILES string of the molecule is C[C@H](CCc1ccccc1)NC(=O)c1ccc(Nc2ccnc(-c3ccccc3)n2)cc1. The second-order valence-electron chi connectivity index (χ2n) is 7.73. The van der Waals surface area contributed by atoms with Gasteiger partial charge in [-0.15, -0.1) is 0 Å². The van der Waals surface area contributed by atoms with Crippen molar-refractivity contribution in [3.05, 3.63) is 108 Å². The first-order chi connectivity index (χ1) is 15.7. The molecule has 0 unspecified atom stereocenters. The minimum absolute atomic E-state index is 0.0643. The van der Waals surface area contributed by atoms with Crippen LogP contribution in [0.5, 0.6) is 0 Å². The number of carbonyl (C=O) groups excluding carboxylic acids is 1. The van der Waals surface area contributed by atoms with Crippen LogP contribution in [0.1, 0.15) is 29.3 Å². The number of nitrogens with one attached hydrogen (secondary N) is 2. The first-order valence-electron chi connectivity index (χ1n) is 10.8. The smallest absolute Gasteiger partial charge is 0.251 e. The number of amides is 1. The van der Waals surface area contributed by atoms with Crippen LogP contribution in [0.25, 0.3) is 11.4 Å². The molecule has 3 aromatic carbocycles. The molecule has 0 bridgehead atoms. The van der Waals surface area contributed by atoms with E-state index in [0.29, 0.717) is 17.2 Å². The molecule has 0 saturated heterocycles. The van der Waals surface area contributed by atoms with Gasteiger partial charge in [-0.05, 0) is 55.7 Å². The second-order valence-corrected chi connectivity index (χ2v) is 7.73. The maximum atomic E-state index is 12.6. The van der Waals surface area contributed by atoms with Crippen LogP contribution in [0, 0.1) is 0 Å². The summed E-state index contributed by atoms with van der Waals surface area (Å²) in [7, 11) is 0. The molecule has 0 saturated carbocycles. The zero-order valence-electron chi connectivity index (χ0n) is 18.0. The molecule has 0 aliphatic carbocycles. The van der Waals surface area contributed by atoms with E-state index in [-0.39, 0.29) is 11.9 Å². The van der Waals surface area contributed by atoms with Gasteiger partial charge in [-0.3, -0.25) is 4.79 Å². The van der Waals surface area contributed by atoms with Gasteiger partial charge in [0.15, 0.2) is 5.82 Å². The number of carbonyl (C=O) groups is 1. The van der Waals surface area contributed by atoms with Gasteiger partial charge in [0.1, 0.15) is 5.82 Å². The molecule has 0 spiro atoms. The maximum Gasteiger partial charge on any atom is 0.251 e. The number of hydrogen-bond acceptors (Lipinski definition) is 4. The first-order valence-corrected chi connectivity index (χ1v) is 10.8. The van der Waals surface area contributed by atoms with E-state index in [1.165, 1.54) is 5.56 Å². The van der Waals surface area contributed by atoms with Gasteiger partial charge in [0, 0.05) is 29.1 Å². The van der Waals surface area contributed by atoms with E-state index in [4.69, 9.17) is 0 Å². The van der Waals surface area contributed by atoms with Gasteiger partial charge in [-0.1, -0.05) is 60.7 Å². The Bertz CT molecular complexity index is 1150. The molecule has 160 valence electrons. The fraction of sp³-hybridized carbons (Fsp3) is 0.148. The number of aromatic nitrogens is 2. The Morgan fingerprint density at radius 2 is 1.56 bits per heavy atom. The highest BCUT2D eigenvalue weighted by atomic mass is 16.1. The molecule has 32 heavy (non-hydrogen) atoms. The molecular formula is C27H26N4O. The van der Waals surface area contributed by atoms with Crippen LogP contribution in [-0.2, 0) is 6.42 Å². The summed E-state index contributed by atoms with van der Waals surface area (Å²) in [6.07, 6.45) is 3.57. The van der Waals surface area contributed by atoms with Crippen LogP contribution < -0.4 is 10.6 Å². The second kappa shape index (κ2) is 10.4. The van der Waals surface area contributed by atoms with Gasteiger partial charge < -0.3 is 10.6 Å². The molecule has 0 aliphatic rings. The minimum atomic E-state index is -0.0643. The van der Waals surface area contributed by atoms with Crippen LogP contribution in [0.4, 0.5) is 11.5 Å². The van der Waals surface area contributed by atoms with Gasteiger partial charge in [0.05, 0.1) is 0 Å². The van der Waals surface area contributed by atoms with E-state index in [9.17, 15) is 4.79 Å². The van der Waals surface area contributed by atoms with Crippen molar-refractivity contribution in [1.29, 1.82) is 0 Å². The summed E-state index contributed by atoms with van der Waals surface area (Å²) in [5, 5.41) is 6.36. The molecule has 5 heteroatoms. The first kappa shape index (κ1) is 21.2. The highest BCUT2D eigenvalue weighted by Gasteiger charge is 2.10. The number of aryl methyl sites for hydroxylation is 1. The summed E-state index contributed by atoms with van der Waals surface area (Å²) in [4.78, 5) is 21.5. The molecule has 1 atom stereocenters. The van der Waals surface area contributed by atoms with Gasteiger partial charge >= 0.3 is 0 Å². The van der Waals surface area contributed by atoms with Crippen molar-refractivity contribution in [2.75, 3.05) is 5.32 Å². The van der Waals surface area contributed by atoms with Crippen molar-refractivity contribution in [2.45, 2.75) is 25.8 Å². The van der Waals surface area contributed by atoms with E-state index >= 15 is 0 Å². The summed E-state index contributed by atoms with van der Waals surface area (Å²) >= 11 is 0. The van der Waals surface area contributed by atoms with Crippen molar-refractivity contribution >= 4 is 17.4 Å². The number of anilines is 2. The molecule has 1 heterocycles. The average molecular weight is 423 g/mol. The lowest BCUT2D eigenvalue weighted by Crippen LogP contribution is -2.32. The molecule has 0 aliphatic heterocycles. The molecule has 2 N–H and O–H groups in total. The highest BCUT2D eigenvalue weighted by molar-refractivity contribution is 5.94. The number of rotatable bonds is 8. The molecule has 4 rings (SSSR count). The Labute approximate surface area is 188 Å². The Balaban J connectivity index is 1.33. The van der Waals surface area contributed by atoms with E-state index < -0.39 is 0 Å². The topological polar surface area (TPSA) is 66.9 Å². The minimum Gasteiger partial charge on any atom is -0.350 e. The quantitative estimate of drug-likeness (QED) is 0.386. The van der Waals surface area contributed by atoms with Crippen LogP contribution in [0.2, 0.25) is 0 Å². The fourth-order valence-corrected chi connectivity index (χ4v) is 3.41. The van der Waals surface area contributed by atoms with Crippen LogP contribution in [0.15, 0.2) is 97.2 Å². The van der Waals surface area contributed by atoms with Crippen molar-refractivity contribution in [1.82, 2.24) is 15.3 Å². The van der Waals surface area contributed by atoms with Gasteiger partial charge in [-0.25, -0.2) is 9.97 Å². The van der Waals surface area contributed by atoms with Crippen molar-refractivity contribution < 1.29 is 4.79 Å². The Hall–Kier alpha value is -3.99. The average Bonchev–Trinajstić information content (AvgIpc) is 2.84. The predicted octanol–water partition coefficient (Wildman–Crippen LogP) is 5.64. The third-order valence-corrected chi connectivity index (χ3v) is 5.19. The molecule has 1 aromatic heterocycles. The molecule has 1 amide bonds. The number of nitrogens with zero attached hydrogens (tertiary/aromatic N) is 2. The molecule has 5 nitrogen and oxygen atoms in total. The summed E-state index contributed by atoms with van der Waals surface area (Å²) in [5.74, 6) is 1.30. The summed E-state index contributed by atoms with van der Waals surface area (Å²) < 4.78 is 0. The van der Waals surface area contributed by atoms with E-state index in [2.05, 4.69) is 32.7 Å². The summed E-state index contributed by atoms with van der Waals surface area (Å²) in [5.41, 5.74) is 3.74. The zero-order chi connectivity index (χ0) is 22.2. The lowest BCUT2D eigenvalue weighted by molar-refractivity contribution is 0.0938. The zero-order valence-corrected chi connectivity index (χ0v) is 18.0. The number of benzene rings is 3. The maximum absolute atomic E-state index is 12.6. The van der Waals surface area contributed by atoms with Crippen molar-refractivity contribution in [3.8, 4) is 11.4 Å². The summed E-state index contributed by atoms with van der Waals surface area (Å²) in [6.45, 7) is 2.04. The largest absolute Gasteiger partial charge is 0.350 e. The van der Waals surface area contributed by atoms with Crippen molar-refractivity contribution in [2.24, 2.45) is 0 Å². The van der Waals surface area contributed by atoms with E-state index in [1.807, 2.05) is 85.8 Å². The van der Waals surface area contributed by atoms with Gasteiger partial charge in [0.2, 0.25) is 0 Å².